The fraction of sp³-hybridized carbons (Fsp3) is 0.333. The number of ketones is 1. The Morgan fingerprint density at radius 3 is 2.86 bits per heavy atom. The summed E-state index contributed by atoms with van der Waals surface area (Å²) >= 11 is 0. The van der Waals surface area contributed by atoms with Gasteiger partial charge in [-0.1, -0.05) is 0 Å². The molecule has 1 heterocycles. The molecule has 0 bridgehead atoms. The topological polar surface area (TPSA) is 69.2 Å². The second kappa shape index (κ2) is 5.06. The second-order valence-corrected chi connectivity index (χ2v) is 2.52. The van der Waals surface area contributed by atoms with Crippen molar-refractivity contribution in [2.24, 2.45) is 0 Å². The van der Waals surface area contributed by atoms with E-state index >= 15 is 0 Å². The monoisotopic (exact) mass is 194 g/mol. The van der Waals surface area contributed by atoms with E-state index in [1.54, 1.807) is 13.0 Å². The molecule has 0 aromatic carbocycles. The Hall–Kier alpha value is -1.78. The van der Waals surface area contributed by atoms with Gasteiger partial charge in [-0.05, 0) is 13.0 Å². The van der Waals surface area contributed by atoms with Gasteiger partial charge in [-0.2, -0.15) is 0 Å². The summed E-state index contributed by atoms with van der Waals surface area (Å²) in [5.74, 6) is -1.41. The van der Waals surface area contributed by atoms with Crippen molar-refractivity contribution < 1.29 is 14.3 Å². The molecule has 0 aliphatic rings. The molecule has 14 heavy (non-hydrogen) atoms. The van der Waals surface area contributed by atoms with E-state index in [0.29, 0.717) is 5.69 Å². The molecule has 0 unspecified atom stereocenters. The number of hydrogen-bond donors (Lipinski definition) is 0. The highest BCUT2D eigenvalue weighted by Gasteiger charge is 2.15. The maximum Gasteiger partial charge on any atom is 0.375 e. The van der Waals surface area contributed by atoms with Gasteiger partial charge >= 0.3 is 5.97 Å². The zero-order chi connectivity index (χ0) is 10.4. The Morgan fingerprint density at radius 2 is 2.29 bits per heavy atom. The van der Waals surface area contributed by atoms with Crippen LogP contribution in [-0.4, -0.2) is 28.3 Å². The molecule has 1 aromatic rings. The lowest BCUT2D eigenvalue weighted by molar-refractivity contribution is -0.153. The van der Waals surface area contributed by atoms with Crippen molar-refractivity contribution in [2.75, 3.05) is 6.61 Å². The Morgan fingerprint density at radius 1 is 1.50 bits per heavy atom. The average molecular weight is 194 g/mol. The highest BCUT2D eigenvalue weighted by atomic mass is 16.5. The van der Waals surface area contributed by atoms with Crippen LogP contribution in [0.2, 0.25) is 0 Å². The van der Waals surface area contributed by atoms with Gasteiger partial charge in [-0.25, -0.2) is 14.8 Å². The predicted molar refractivity (Wildman–Crippen MR) is 47.4 cm³/mol. The molecule has 0 aliphatic heterocycles. The Kier molecular flexibility index (Phi) is 3.72. The number of rotatable bonds is 4. The molecule has 0 N–H and O–H groups in total. The minimum Gasteiger partial charge on any atom is -0.460 e. The molecule has 0 saturated carbocycles. The van der Waals surface area contributed by atoms with Crippen LogP contribution in [0.25, 0.3) is 0 Å². The molecule has 0 fully saturated rings. The Labute approximate surface area is 81.1 Å². The van der Waals surface area contributed by atoms with E-state index in [2.05, 4.69) is 14.7 Å². The first kappa shape index (κ1) is 10.3. The van der Waals surface area contributed by atoms with E-state index in [1.807, 2.05) is 0 Å². The van der Waals surface area contributed by atoms with Gasteiger partial charge in [0.05, 0.1) is 18.7 Å². The molecule has 5 nitrogen and oxygen atoms in total. The fourth-order valence-corrected chi connectivity index (χ4v) is 0.871. The van der Waals surface area contributed by atoms with Gasteiger partial charge < -0.3 is 4.74 Å². The van der Waals surface area contributed by atoms with Crippen LogP contribution >= 0.6 is 0 Å². The van der Waals surface area contributed by atoms with Crippen LogP contribution in [0.4, 0.5) is 0 Å². The number of nitrogens with zero attached hydrogens (tertiary/aromatic N) is 2. The van der Waals surface area contributed by atoms with Crippen LogP contribution in [0.15, 0.2) is 18.6 Å². The summed E-state index contributed by atoms with van der Waals surface area (Å²) in [7, 11) is 0. The van der Waals surface area contributed by atoms with Crippen LogP contribution < -0.4 is 0 Å². The summed E-state index contributed by atoms with van der Waals surface area (Å²) in [6.45, 7) is 1.85. The predicted octanol–water partition coefficient (Wildman–Crippen LogP) is 0.151. The van der Waals surface area contributed by atoms with E-state index in [0.717, 1.165) is 0 Å². The molecule has 0 saturated heterocycles. The van der Waals surface area contributed by atoms with Crippen LogP contribution in [0, 0.1) is 0 Å². The van der Waals surface area contributed by atoms with E-state index < -0.39 is 11.8 Å². The first-order valence-corrected chi connectivity index (χ1v) is 4.19. The van der Waals surface area contributed by atoms with Gasteiger partial charge in [-0.3, -0.25) is 4.79 Å². The van der Waals surface area contributed by atoms with Crippen molar-refractivity contribution in [1.82, 2.24) is 9.97 Å². The number of hydrogen-bond acceptors (Lipinski definition) is 5. The summed E-state index contributed by atoms with van der Waals surface area (Å²) < 4.78 is 4.54. The maximum atomic E-state index is 11.2. The standard InChI is InChI=1S/C9H10N2O3/c1-2-14-9(13)8(12)5-7-3-4-10-6-11-7/h3-4,6H,2,5H2,1H3. The van der Waals surface area contributed by atoms with Crippen LogP contribution in [-0.2, 0) is 20.7 Å². The minimum atomic E-state index is -0.814. The van der Waals surface area contributed by atoms with E-state index in [1.165, 1.54) is 12.5 Å². The van der Waals surface area contributed by atoms with Crippen molar-refractivity contribution >= 4 is 11.8 Å². The van der Waals surface area contributed by atoms with Crippen molar-refractivity contribution in [3.63, 3.8) is 0 Å². The third-order valence-electron chi connectivity index (χ3n) is 1.49. The quantitative estimate of drug-likeness (QED) is 0.504. The highest BCUT2D eigenvalue weighted by molar-refractivity contribution is 6.34. The number of ether oxygens (including phenoxy) is 1. The van der Waals surface area contributed by atoms with Gasteiger partial charge in [0.1, 0.15) is 6.33 Å². The smallest absolute Gasteiger partial charge is 0.375 e. The molecule has 0 amide bonds. The first-order chi connectivity index (χ1) is 6.74. The molecular formula is C9H10N2O3. The van der Waals surface area contributed by atoms with Crippen molar-refractivity contribution in [2.45, 2.75) is 13.3 Å². The fourth-order valence-electron chi connectivity index (χ4n) is 0.871. The first-order valence-electron chi connectivity index (χ1n) is 4.19. The molecule has 74 valence electrons. The SMILES string of the molecule is CCOC(=O)C(=O)Cc1ccncn1. The number of aromatic nitrogens is 2. The summed E-state index contributed by atoms with van der Waals surface area (Å²) in [4.78, 5) is 29.6. The summed E-state index contributed by atoms with van der Waals surface area (Å²) in [6, 6.07) is 1.58. The van der Waals surface area contributed by atoms with Crippen molar-refractivity contribution in [1.29, 1.82) is 0 Å². The number of carbonyl (C=O) groups is 2. The summed E-state index contributed by atoms with van der Waals surface area (Å²) in [5.41, 5.74) is 0.512. The van der Waals surface area contributed by atoms with Crippen LogP contribution in [0.5, 0.6) is 0 Å². The van der Waals surface area contributed by atoms with E-state index in [4.69, 9.17) is 0 Å². The van der Waals surface area contributed by atoms with Crippen molar-refractivity contribution in [3.05, 3.63) is 24.3 Å². The third kappa shape index (κ3) is 2.93. The van der Waals surface area contributed by atoms with Crippen LogP contribution in [0.3, 0.4) is 0 Å². The Bertz CT molecular complexity index is 324. The number of Topliss-reactive ketones (excluding diaryl/α,β-unsaturated/α-hetero) is 1. The van der Waals surface area contributed by atoms with Gasteiger partial charge in [0.2, 0.25) is 5.78 Å². The zero-order valence-corrected chi connectivity index (χ0v) is 7.77. The van der Waals surface area contributed by atoms with Gasteiger partial charge in [0.25, 0.3) is 0 Å². The maximum absolute atomic E-state index is 11.2. The molecule has 0 atom stereocenters. The Balaban J connectivity index is 2.53. The van der Waals surface area contributed by atoms with Crippen LogP contribution in [0.1, 0.15) is 12.6 Å². The molecule has 0 spiro atoms. The lowest BCUT2D eigenvalue weighted by Crippen LogP contribution is -2.19. The van der Waals surface area contributed by atoms with E-state index in [-0.39, 0.29) is 13.0 Å². The lowest BCUT2D eigenvalue weighted by Gasteiger charge is -1.99. The molecular weight excluding hydrogens is 184 g/mol. The summed E-state index contributed by atoms with van der Waals surface area (Å²) in [5, 5.41) is 0. The average Bonchev–Trinajstić information content (AvgIpc) is 2.19. The normalized spacial score (nSPS) is 9.50. The molecule has 0 aliphatic carbocycles. The highest BCUT2D eigenvalue weighted by Crippen LogP contribution is 1.95. The van der Waals surface area contributed by atoms with Crippen molar-refractivity contribution in [3.8, 4) is 0 Å². The summed E-state index contributed by atoms with van der Waals surface area (Å²) in [6.07, 6.45) is 2.80. The second-order valence-electron chi connectivity index (χ2n) is 2.52. The van der Waals surface area contributed by atoms with Gasteiger partial charge in [-0.15, -0.1) is 0 Å². The number of esters is 1. The molecule has 0 radical (unpaired) electrons. The van der Waals surface area contributed by atoms with E-state index in [9.17, 15) is 9.59 Å². The number of carbonyl (C=O) groups excluding carboxylic acids is 2. The largest absolute Gasteiger partial charge is 0.460 e. The van der Waals surface area contributed by atoms with Gasteiger partial charge in [0, 0.05) is 6.20 Å². The molecule has 1 rings (SSSR count). The molecule has 1 aromatic heterocycles. The third-order valence-corrected chi connectivity index (χ3v) is 1.49. The molecule has 5 heteroatoms. The zero-order valence-electron chi connectivity index (χ0n) is 7.77. The minimum absolute atomic E-state index is 0.0403. The lowest BCUT2D eigenvalue weighted by atomic mass is 10.2. The van der Waals surface area contributed by atoms with Gasteiger partial charge in [0.15, 0.2) is 0 Å².